The molecule has 24 heavy (non-hydrogen) atoms. The van der Waals surface area contributed by atoms with E-state index in [1.54, 1.807) is 30.3 Å². The van der Waals surface area contributed by atoms with Crippen molar-refractivity contribution in [3.05, 3.63) is 53.6 Å². The number of hydrogen-bond acceptors (Lipinski definition) is 3. The van der Waals surface area contributed by atoms with E-state index in [0.717, 1.165) is 19.3 Å². The predicted molar refractivity (Wildman–Crippen MR) is 97.0 cm³/mol. The van der Waals surface area contributed by atoms with Gasteiger partial charge in [-0.3, -0.25) is 9.59 Å². The Balaban J connectivity index is 2.14. The molecule has 0 aliphatic heterocycles. The lowest BCUT2D eigenvalue weighted by Gasteiger charge is -2.22. The quantitative estimate of drug-likeness (QED) is 0.382. The van der Waals surface area contributed by atoms with Crippen molar-refractivity contribution in [3.63, 3.8) is 0 Å². The Bertz CT molecular complexity index is 655. The highest BCUT2D eigenvalue weighted by Gasteiger charge is 2.35. The largest absolute Gasteiger partial charge is 0.507 e. The summed E-state index contributed by atoms with van der Waals surface area (Å²) in [5, 5.41) is 10.5. The van der Waals surface area contributed by atoms with Gasteiger partial charge in [0.05, 0.1) is 5.57 Å². The van der Waals surface area contributed by atoms with Gasteiger partial charge in [-0.25, -0.2) is 0 Å². The summed E-state index contributed by atoms with van der Waals surface area (Å²) < 4.78 is 0. The Kier molecular flexibility index (Phi) is 6.53. The van der Waals surface area contributed by atoms with Crippen LogP contribution in [0.25, 0.3) is 5.76 Å². The summed E-state index contributed by atoms with van der Waals surface area (Å²) in [4.78, 5) is 24.8. The first kappa shape index (κ1) is 18.2. The third kappa shape index (κ3) is 3.84. The molecule has 0 amide bonds. The number of benzene rings is 1. The molecule has 0 aromatic heterocycles. The van der Waals surface area contributed by atoms with Crippen LogP contribution in [-0.4, -0.2) is 16.7 Å². The van der Waals surface area contributed by atoms with Crippen molar-refractivity contribution in [2.45, 2.75) is 51.9 Å². The van der Waals surface area contributed by atoms with Crippen LogP contribution in [0.4, 0.5) is 0 Å². The van der Waals surface area contributed by atoms with Gasteiger partial charge in [0.25, 0.3) is 0 Å². The van der Waals surface area contributed by atoms with E-state index in [1.807, 2.05) is 0 Å². The fraction of sp³-hybridized carbons (Fsp3) is 0.429. The van der Waals surface area contributed by atoms with Gasteiger partial charge in [-0.1, -0.05) is 75.8 Å². The second-order valence-electron chi connectivity index (χ2n) is 6.36. The monoisotopic (exact) mass is 326 g/mol. The number of Topliss-reactive ketones (excluding diaryl/α,β-unsaturated/α-hetero) is 2. The normalized spacial score (nSPS) is 15.4. The lowest BCUT2D eigenvalue weighted by atomic mass is 9.80. The van der Waals surface area contributed by atoms with Crippen molar-refractivity contribution < 1.29 is 14.7 Å². The molecular formula is C21H26O3. The fourth-order valence-corrected chi connectivity index (χ4v) is 3.25. The number of aliphatic hydroxyl groups is 1. The van der Waals surface area contributed by atoms with Crippen molar-refractivity contribution in [1.82, 2.24) is 0 Å². The number of allylic oxidation sites excluding steroid dienone is 2. The third-order valence-corrected chi connectivity index (χ3v) is 4.66. The van der Waals surface area contributed by atoms with Gasteiger partial charge >= 0.3 is 0 Å². The van der Waals surface area contributed by atoms with Gasteiger partial charge in [0.15, 0.2) is 0 Å². The van der Waals surface area contributed by atoms with Crippen molar-refractivity contribution >= 4 is 17.3 Å². The van der Waals surface area contributed by atoms with E-state index in [1.165, 1.54) is 25.7 Å². The Morgan fingerprint density at radius 2 is 1.62 bits per heavy atom. The first-order valence-electron chi connectivity index (χ1n) is 8.85. The minimum Gasteiger partial charge on any atom is -0.507 e. The Morgan fingerprint density at radius 3 is 2.29 bits per heavy atom. The smallest absolute Gasteiger partial charge is 0.234 e. The van der Waals surface area contributed by atoms with E-state index in [9.17, 15) is 14.7 Å². The Labute approximate surface area is 144 Å². The van der Waals surface area contributed by atoms with Crippen LogP contribution in [0.5, 0.6) is 0 Å². The van der Waals surface area contributed by atoms with Crippen LogP contribution in [0.15, 0.2) is 42.5 Å². The summed E-state index contributed by atoms with van der Waals surface area (Å²) in [5.41, 5.74) is 0.945. The minimum atomic E-state index is -0.595. The zero-order valence-electron chi connectivity index (χ0n) is 14.4. The van der Waals surface area contributed by atoms with E-state index in [2.05, 4.69) is 13.5 Å². The highest BCUT2D eigenvalue weighted by molar-refractivity contribution is 6.52. The standard InChI is InChI=1S/C21H26O3/c1-3-5-6-7-8-9-12-15(4-2)18-19(22)16-13-10-11-14-17(16)20(23)21(18)24/h4,10-11,13-15,22H,2-3,5-9,12H2,1H3. The van der Waals surface area contributed by atoms with E-state index >= 15 is 0 Å². The van der Waals surface area contributed by atoms with Gasteiger partial charge in [-0.15, -0.1) is 6.58 Å². The van der Waals surface area contributed by atoms with Crippen molar-refractivity contribution in [3.8, 4) is 0 Å². The molecule has 0 radical (unpaired) electrons. The highest BCUT2D eigenvalue weighted by Crippen LogP contribution is 2.34. The molecule has 0 heterocycles. The van der Waals surface area contributed by atoms with Crippen LogP contribution in [-0.2, 0) is 4.79 Å². The first-order valence-corrected chi connectivity index (χ1v) is 8.85. The number of carbonyl (C=O) groups excluding carboxylic acids is 2. The van der Waals surface area contributed by atoms with Crippen LogP contribution in [0.1, 0.15) is 67.8 Å². The molecule has 2 rings (SSSR count). The topological polar surface area (TPSA) is 54.4 Å². The molecule has 3 nitrogen and oxygen atoms in total. The molecule has 3 heteroatoms. The van der Waals surface area contributed by atoms with Gasteiger partial charge in [0.2, 0.25) is 11.6 Å². The molecule has 1 atom stereocenters. The van der Waals surface area contributed by atoms with E-state index in [4.69, 9.17) is 0 Å². The molecule has 1 N–H and O–H groups in total. The molecule has 0 saturated carbocycles. The number of ketones is 2. The number of rotatable bonds is 9. The maximum Gasteiger partial charge on any atom is 0.234 e. The highest BCUT2D eigenvalue weighted by atomic mass is 16.3. The van der Waals surface area contributed by atoms with Gasteiger partial charge in [-0.05, 0) is 6.42 Å². The summed E-state index contributed by atoms with van der Waals surface area (Å²) >= 11 is 0. The van der Waals surface area contributed by atoms with Gasteiger partial charge in [0.1, 0.15) is 5.76 Å². The van der Waals surface area contributed by atoms with Crippen molar-refractivity contribution in [2.24, 2.45) is 5.92 Å². The molecule has 0 spiro atoms. The summed E-state index contributed by atoms with van der Waals surface area (Å²) in [6, 6.07) is 6.72. The molecule has 0 fully saturated rings. The van der Waals surface area contributed by atoms with Crippen LogP contribution in [0, 0.1) is 5.92 Å². The zero-order chi connectivity index (χ0) is 17.5. The van der Waals surface area contributed by atoms with Crippen LogP contribution < -0.4 is 0 Å². The van der Waals surface area contributed by atoms with E-state index in [0.29, 0.717) is 5.56 Å². The van der Waals surface area contributed by atoms with Gasteiger partial charge in [-0.2, -0.15) is 0 Å². The molecule has 1 aromatic rings. The van der Waals surface area contributed by atoms with Crippen molar-refractivity contribution in [1.29, 1.82) is 0 Å². The molecule has 1 aliphatic carbocycles. The second kappa shape index (κ2) is 8.62. The fourth-order valence-electron chi connectivity index (χ4n) is 3.25. The molecule has 128 valence electrons. The number of carbonyl (C=O) groups is 2. The first-order chi connectivity index (χ1) is 11.6. The van der Waals surface area contributed by atoms with Crippen molar-refractivity contribution in [2.75, 3.05) is 0 Å². The minimum absolute atomic E-state index is 0.0638. The van der Waals surface area contributed by atoms with E-state index in [-0.39, 0.29) is 22.8 Å². The average Bonchev–Trinajstić information content (AvgIpc) is 2.61. The molecule has 1 unspecified atom stereocenters. The summed E-state index contributed by atoms with van der Waals surface area (Å²) in [5.74, 6) is -1.47. The number of unbranched alkanes of at least 4 members (excludes halogenated alkanes) is 5. The molecule has 0 saturated heterocycles. The van der Waals surface area contributed by atoms with Crippen LogP contribution in [0.2, 0.25) is 0 Å². The average molecular weight is 326 g/mol. The van der Waals surface area contributed by atoms with E-state index < -0.39 is 11.6 Å². The second-order valence-corrected chi connectivity index (χ2v) is 6.36. The van der Waals surface area contributed by atoms with Gasteiger partial charge in [0, 0.05) is 17.0 Å². The molecule has 1 aromatic carbocycles. The van der Waals surface area contributed by atoms with Crippen LogP contribution >= 0.6 is 0 Å². The predicted octanol–water partition coefficient (Wildman–Crippen LogP) is 5.27. The van der Waals surface area contributed by atoms with Gasteiger partial charge < -0.3 is 5.11 Å². The third-order valence-electron chi connectivity index (χ3n) is 4.66. The zero-order valence-corrected chi connectivity index (χ0v) is 14.4. The lowest BCUT2D eigenvalue weighted by Crippen LogP contribution is -2.27. The SMILES string of the molecule is C=CC(CCCCCCCC)C1=C(O)c2ccccc2C(=O)C1=O. The Morgan fingerprint density at radius 1 is 1.00 bits per heavy atom. The summed E-state index contributed by atoms with van der Waals surface area (Å²) in [6.45, 7) is 5.99. The Hall–Kier alpha value is -2.16. The molecular weight excluding hydrogens is 300 g/mol. The summed E-state index contributed by atoms with van der Waals surface area (Å²) in [6.07, 6.45) is 9.34. The number of hydrogen-bond donors (Lipinski definition) is 1. The molecule has 0 bridgehead atoms. The maximum atomic E-state index is 12.5. The maximum absolute atomic E-state index is 12.5. The number of fused-ring (bicyclic) bond motifs is 1. The molecule has 1 aliphatic rings. The summed E-state index contributed by atoms with van der Waals surface area (Å²) in [7, 11) is 0. The van der Waals surface area contributed by atoms with Crippen LogP contribution in [0.3, 0.4) is 0 Å². The number of aliphatic hydroxyl groups excluding tert-OH is 1. The lowest BCUT2D eigenvalue weighted by molar-refractivity contribution is -0.112.